The summed E-state index contributed by atoms with van der Waals surface area (Å²) in [4.78, 5) is 15.0. The largest absolute Gasteiger partial charge is 0.370 e. The van der Waals surface area contributed by atoms with Crippen molar-refractivity contribution in [3.63, 3.8) is 0 Å². The van der Waals surface area contributed by atoms with Crippen molar-refractivity contribution in [2.75, 3.05) is 26.2 Å². The van der Waals surface area contributed by atoms with Crippen molar-refractivity contribution in [3.8, 4) is 0 Å². The van der Waals surface area contributed by atoms with Crippen LogP contribution in [0.1, 0.15) is 18.5 Å². The fourth-order valence-corrected chi connectivity index (χ4v) is 2.74. The average molecular weight is 302 g/mol. The Labute approximate surface area is 129 Å². The number of nitrogens with one attached hydrogen (secondary N) is 2. The molecule has 1 atom stereocenters. The van der Waals surface area contributed by atoms with Gasteiger partial charge in [0.1, 0.15) is 11.5 Å². The van der Waals surface area contributed by atoms with Gasteiger partial charge in [0, 0.05) is 31.6 Å². The summed E-state index contributed by atoms with van der Waals surface area (Å²) in [6.45, 7) is 4.18. The Morgan fingerprint density at radius 3 is 2.86 bits per heavy atom. The second-order valence-corrected chi connectivity index (χ2v) is 5.57. The molecule has 118 valence electrons. The van der Waals surface area contributed by atoms with Crippen LogP contribution in [0, 0.1) is 0 Å². The smallest absolute Gasteiger partial charge is 0.196 e. The molecule has 1 fully saturated rings. The number of nitrogens with zero attached hydrogens (tertiary/aromatic N) is 4. The molecule has 0 amide bonds. The van der Waals surface area contributed by atoms with Gasteiger partial charge in [0.15, 0.2) is 11.6 Å². The zero-order chi connectivity index (χ0) is 15.4. The van der Waals surface area contributed by atoms with Crippen LogP contribution in [0.5, 0.6) is 0 Å². The Morgan fingerprint density at radius 2 is 2.14 bits per heavy atom. The van der Waals surface area contributed by atoms with Crippen LogP contribution < -0.4 is 22.1 Å². The van der Waals surface area contributed by atoms with Gasteiger partial charge in [0.05, 0.1) is 6.20 Å². The maximum atomic E-state index is 6.32. The van der Waals surface area contributed by atoms with E-state index in [1.807, 2.05) is 0 Å². The Bertz CT molecular complexity index is 563. The van der Waals surface area contributed by atoms with Crippen LogP contribution in [0.15, 0.2) is 35.5 Å². The highest BCUT2D eigenvalue weighted by Crippen LogP contribution is 2.21. The third-order valence-electron chi connectivity index (χ3n) is 3.85. The molecule has 0 saturated carbocycles. The SMILES string of the molecule is NC1=NC(N)(c2cnccn2)C=C(NCCN2CCCC2)N1. The molecule has 1 aromatic heterocycles. The molecule has 1 aromatic rings. The fourth-order valence-electron chi connectivity index (χ4n) is 2.74. The molecule has 2 aliphatic rings. The van der Waals surface area contributed by atoms with Gasteiger partial charge in [0.2, 0.25) is 0 Å². The van der Waals surface area contributed by atoms with Gasteiger partial charge in [0.25, 0.3) is 0 Å². The fraction of sp³-hybridized carbons (Fsp3) is 0.500. The number of aliphatic imine (C=N–C) groups is 1. The van der Waals surface area contributed by atoms with Gasteiger partial charge < -0.3 is 21.3 Å². The standard InChI is InChI=1S/C14H22N8/c15-13-20-12(19-5-8-22-6-1-2-7-22)9-14(16,21-13)11-10-17-3-4-18-11/h3-4,9-10,19H,1-2,5-8,16H2,(H3,15,20,21). The monoisotopic (exact) mass is 302 g/mol. The number of aromatic nitrogens is 2. The van der Waals surface area contributed by atoms with E-state index in [9.17, 15) is 0 Å². The number of hydrogen-bond donors (Lipinski definition) is 4. The molecule has 0 aliphatic carbocycles. The predicted molar refractivity (Wildman–Crippen MR) is 84.4 cm³/mol. The van der Waals surface area contributed by atoms with Crippen LogP contribution >= 0.6 is 0 Å². The van der Waals surface area contributed by atoms with Crippen LogP contribution in [0.3, 0.4) is 0 Å². The Hall–Kier alpha value is -2.19. The minimum atomic E-state index is -1.10. The maximum Gasteiger partial charge on any atom is 0.196 e. The van der Waals surface area contributed by atoms with Gasteiger partial charge in [-0.05, 0) is 25.9 Å². The van der Waals surface area contributed by atoms with Crippen molar-refractivity contribution < 1.29 is 0 Å². The van der Waals surface area contributed by atoms with Gasteiger partial charge in [-0.1, -0.05) is 0 Å². The molecule has 3 heterocycles. The summed E-state index contributed by atoms with van der Waals surface area (Å²) in [6, 6.07) is 0. The summed E-state index contributed by atoms with van der Waals surface area (Å²) < 4.78 is 0. The van der Waals surface area contributed by atoms with Crippen molar-refractivity contribution in [1.82, 2.24) is 25.5 Å². The van der Waals surface area contributed by atoms with Gasteiger partial charge in [-0.25, -0.2) is 4.99 Å². The zero-order valence-corrected chi connectivity index (χ0v) is 12.5. The second kappa shape index (κ2) is 6.29. The molecule has 8 nitrogen and oxygen atoms in total. The van der Waals surface area contributed by atoms with Gasteiger partial charge in [-0.3, -0.25) is 15.7 Å². The highest BCUT2D eigenvalue weighted by molar-refractivity contribution is 5.81. The van der Waals surface area contributed by atoms with Crippen LogP contribution in [0.4, 0.5) is 0 Å². The number of rotatable bonds is 5. The van der Waals surface area contributed by atoms with Crippen molar-refractivity contribution in [3.05, 3.63) is 36.2 Å². The molecule has 1 saturated heterocycles. The third-order valence-corrected chi connectivity index (χ3v) is 3.85. The molecule has 1 unspecified atom stereocenters. The van der Waals surface area contributed by atoms with E-state index in [4.69, 9.17) is 11.5 Å². The number of likely N-dealkylation sites (tertiary alicyclic amines) is 1. The maximum absolute atomic E-state index is 6.32. The minimum Gasteiger partial charge on any atom is -0.370 e. The van der Waals surface area contributed by atoms with E-state index >= 15 is 0 Å². The highest BCUT2D eigenvalue weighted by atomic mass is 15.3. The highest BCUT2D eigenvalue weighted by Gasteiger charge is 2.30. The van der Waals surface area contributed by atoms with Crippen molar-refractivity contribution >= 4 is 5.96 Å². The van der Waals surface area contributed by atoms with E-state index in [1.165, 1.54) is 25.9 Å². The minimum absolute atomic E-state index is 0.263. The molecule has 6 N–H and O–H groups in total. The van der Waals surface area contributed by atoms with Crippen LogP contribution in [0.25, 0.3) is 0 Å². The Kier molecular flexibility index (Phi) is 4.21. The lowest BCUT2D eigenvalue weighted by molar-refractivity contribution is 0.339. The summed E-state index contributed by atoms with van der Waals surface area (Å²) in [5, 5.41) is 6.32. The summed E-state index contributed by atoms with van der Waals surface area (Å²) in [7, 11) is 0. The first kappa shape index (κ1) is 14.7. The lowest BCUT2D eigenvalue weighted by atomic mass is 10.1. The van der Waals surface area contributed by atoms with E-state index in [2.05, 4.69) is 30.5 Å². The summed E-state index contributed by atoms with van der Waals surface area (Å²) in [5.41, 5.74) is 11.6. The van der Waals surface area contributed by atoms with Crippen molar-refractivity contribution in [2.24, 2.45) is 16.5 Å². The van der Waals surface area contributed by atoms with Crippen molar-refractivity contribution in [2.45, 2.75) is 18.5 Å². The summed E-state index contributed by atoms with van der Waals surface area (Å²) in [5.74, 6) is 1.01. The predicted octanol–water partition coefficient (Wildman–Crippen LogP) is -0.967. The molecule has 22 heavy (non-hydrogen) atoms. The topological polar surface area (TPSA) is 117 Å². The van der Waals surface area contributed by atoms with Crippen molar-refractivity contribution in [1.29, 1.82) is 0 Å². The van der Waals surface area contributed by atoms with E-state index in [1.54, 1.807) is 24.7 Å². The van der Waals surface area contributed by atoms with Gasteiger partial charge >= 0.3 is 0 Å². The molecule has 0 radical (unpaired) electrons. The number of hydrogen-bond acceptors (Lipinski definition) is 8. The summed E-state index contributed by atoms with van der Waals surface area (Å²) >= 11 is 0. The molecule has 2 aliphatic heterocycles. The number of guanidine groups is 1. The van der Waals surface area contributed by atoms with Crippen LogP contribution in [0.2, 0.25) is 0 Å². The Morgan fingerprint density at radius 1 is 1.32 bits per heavy atom. The van der Waals surface area contributed by atoms with Gasteiger partial charge in [-0.15, -0.1) is 0 Å². The average Bonchev–Trinajstić information content (AvgIpc) is 3.01. The third kappa shape index (κ3) is 3.34. The van der Waals surface area contributed by atoms with Crippen LogP contribution in [-0.2, 0) is 5.66 Å². The van der Waals surface area contributed by atoms with E-state index in [-0.39, 0.29) is 5.96 Å². The summed E-state index contributed by atoms with van der Waals surface area (Å²) in [6.07, 6.45) is 9.15. The van der Waals surface area contributed by atoms with E-state index in [0.29, 0.717) is 5.69 Å². The quantitative estimate of drug-likeness (QED) is 0.553. The number of nitrogens with two attached hydrogens (primary N) is 2. The Balaban J connectivity index is 1.66. The molecule has 0 spiro atoms. The lowest BCUT2D eigenvalue weighted by Crippen LogP contribution is -2.48. The van der Waals surface area contributed by atoms with E-state index < -0.39 is 5.66 Å². The molecule has 3 rings (SSSR count). The first-order valence-electron chi connectivity index (χ1n) is 7.52. The van der Waals surface area contributed by atoms with Crippen LogP contribution in [-0.4, -0.2) is 47.0 Å². The molecule has 0 bridgehead atoms. The molecule has 8 heteroatoms. The molecule has 0 aromatic carbocycles. The second-order valence-electron chi connectivity index (χ2n) is 5.57. The normalized spacial score (nSPS) is 25.3. The van der Waals surface area contributed by atoms with Gasteiger partial charge in [-0.2, -0.15) is 0 Å². The lowest BCUT2D eigenvalue weighted by Gasteiger charge is -2.28. The molecular weight excluding hydrogens is 280 g/mol. The molecular formula is C14H22N8. The first-order valence-corrected chi connectivity index (χ1v) is 7.52. The van der Waals surface area contributed by atoms with E-state index in [0.717, 1.165) is 18.9 Å². The zero-order valence-electron chi connectivity index (χ0n) is 12.5. The first-order chi connectivity index (χ1) is 10.7.